The van der Waals surface area contributed by atoms with Gasteiger partial charge in [-0.25, -0.2) is 0 Å². The molecule has 0 spiro atoms. The average Bonchev–Trinajstić information content (AvgIpc) is 2.61. The van der Waals surface area contributed by atoms with E-state index in [1.54, 1.807) is 0 Å². The Hall–Kier alpha value is -1.51. The van der Waals surface area contributed by atoms with Crippen molar-refractivity contribution in [2.75, 3.05) is 46.4 Å². The van der Waals surface area contributed by atoms with Crippen molar-refractivity contribution in [1.82, 2.24) is 15.5 Å². The summed E-state index contributed by atoms with van der Waals surface area (Å²) >= 11 is 6.36. The first-order chi connectivity index (χ1) is 12.4. The van der Waals surface area contributed by atoms with Crippen LogP contribution in [0.2, 0.25) is 5.02 Å². The van der Waals surface area contributed by atoms with Crippen molar-refractivity contribution >= 4 is 17.6 Å². The molecular weight excluding hydrogens is 369 g/mol. The molecule has 26 heavy (non-hydrogen) atoms. The Balaban J connectivity index is 2.00. The first kappa shape index (κ1) is 20.8. The highest BCUT2D eigenvalue weighted by Gasteiger charge is 2.27. The number of ether oxygens (including phenoxy) is 1. The molecule has 1 aromatic carbocycles. The summed E-state index contributed by atoms with van der Waals surface area (Å²) in [4.78, 5) is 6.24. The molecule has 5 nitrogen and oxygen atoms in total. The van der Waals surface area contributed by atoms with Crippen LogP contribution in [-0.2, 0) is 4.74 Å². The van der Waals surface area contributed by atoms with Gasteiger partial charge in [0.2, 0.25) is 0 Å². The zero-order valence-corrected chi connectivity index (χ0v) is 15.4. The molecule has 0 aromatic heterocycles. The van der Waals surface area contributed by atoms with Gasteiger partial charge in [-0.15, -0.1) is 0 Å². The highest BCUT2D eigenvalue weighted by molar-refractivity contribution is 6.31. The topological polar surface area (TPSA) is 48.9 Å². The van der Waals surface area contributed by atoms with Crippen LogP contribution < -0.4 is 10.6 Å². The van der Waals surface area contributed by atoms with E-state index < -0.39 is 12.6 Å². The van der Waals surface area contributed by atoms with E-state index in [1.165, 1.54) is 7.05 Å². The first-order valence-electron chi connectivity index (χ1n) is 8.48. The smallest absolute Gasteiger partial charge is 0.379 e. The quantitative estimate of drug-likeness (QED) is 0.577. The third-order valence-electron chi connectivity index (χ3n) is 4.14. The van der Waals surface area contributed by atoms with E-state index in [4.69, 9.17) is 16.3 Å². The largest absolute Gasteiger partial charge is 0.390 e. The predicted molar refractivity (Wildman–Crippen MR) is 96.6 cm³/mol. The first-order valence-corrected chi connectivity index (χ1v) is 8.86. The summed E-state index contributed by atoms with van der Waals surface area (Å²) in [5.74, 6) is 0.333. The van der Waals surface area contributed by atoms with Crippen molar-refractivity contribution in [3.8, 4) is 0 Å². The zero-order valence-electron chi connectivity index (χ0n) is 14.7. The van der Waals surface area contributed by atoms with Gasteiger partial charge in [-0.2, -0.15) is 13.2 Å². The Morgan fingerprint density at radius 2 is 1.96 bits per heavy atom. The number of guanidine groups is 1. The summed E-state index contributed by atoms with van der Waals surface area (Å²) in [6.07, 6.45) is -5.11. The van der Waals surface area contributed by atoms with Crippen LogP contribution in [0.1, 0.15) is 18.0 Å². The normalized spacial score (nSPS) is 17.8. The molecule has 1 atom stereocenters. The maximum atomic E-state index is 12.3. The van der Waals surface area contributed by atoms with Gasteiger partial charge in [0, 0.05) is 38.2 Å². The summed E-state index contributed by atoms with van der Waals surface area (Å²) in [5.41, 5.74) is 0.967. The van der Waals surface area contributed by atoms with Crippen LogP contribution in [0.4, 0.5) is 13.2 Å². The third-order valence-corrected chi connectivity index (χ3v) is 4.48. The van der Waals surface area contributed by atoms with E-state index in [0.717, 1.165) is 18.7 Å². The molecule has 0 radical (unpaired) electrons. The molecule has 0 amide bonds. The molecule has 2 N–H and O–H groups in total. The van der Waals surface area contributed by atoms with Crippen LogP contribution in [0.15, 0.2) is 29.3 Å². The molecular formula is C17H24ClF3N4O. The standard InChI is InChI=1S/C17H24ClF3N4O/c1-22-16(23-7-6-17(19,20)21)24-12-15(25-8-10-26-11-9-25)13-4-2-3-5-14(13)18/h2-5,15H,6-12H2,1H3,(H2,22,23,24). The van der Waals surface area contributed by atoms with Gasteiger partial charge in [0.25, 0.3) is 0 Å². The van der Waals surface area contributed by atoms with Crippen molar-refractivity contribution in [3.05, 3.63) is 34.9 Å². The Morgan fingerprint density at radius 1 is 1.27 bits per heavy atom. The Kier molecular flexibility index (Phi) is 7.99. The third kappa shape index (κ3) is 6.66. The van der Waals surface area contributed by atoms with Crippen LogP contribution in [0.3, 0.4) is 0 Å². The van der Waals surface area contributed by atoms with Gasteiger partial charge in [0.15, 0.2) is 5.96 Å². The van der Waals surface area contributed by atoms with Crippen LogP contribution in [-0.4, -0.2) is 63.5 Å². The maximum absolute atomic E-state index is 12.3. The van der Waals surface area contributed by atoms with E-state index in [9.17, 15) is 13.2 Å². The fourth-order valence-electron chi connectivity index (χ4n) is 2.81. The van der Waals surface area contributed by atoms with Gasteiger partial charge >= 0.3 is 6.18 Å². The lowest BCUT2D eigenvalue weighted by atomic mass is 10.0. The average molecular weight is 393 g/mol. The fourth-order valence-corrected chi connectivity index (χ4v) is 3.07. The molecule has 0 saturated carbocycles. The minimum absolute atomic E-state index is 0.0335. The number of alkyl halides is 3. The van der Waals surface area contributed by atoms with Gasteiger partial charge in [-0.3, -0.25) is 9.89 Å². The van der Waals surface area contributed by atoms with Gasteiger partial charge < -0.3 is 15.4 Å². The Morgan fingerprint density at radius 3 is 2.58 bits per heavy atom. The molecule has 1 saturated heterocycles. The molecule has 1 aliphatic rings. The van der Waals surface area contributed by atoms with Crippen LogP contribution in [0.25, 0.3) is 0 Å². The number of morpholine rings is 1. The molecule has 1 aromatic rings. The summed E-state index contributed by atoms with van der Waals surface area (Å²) in [6, 6.07) is 7.55. The lowest BCUT2D eigenvalue weighted by Crippen LogP contribution is -2.46. The van der Waals surface area contributed by atoms with Gasteiger partial charge in [0.1, 0.15) is 0 Å². The fraction of sp³-hybridized carbons (Fsp3) is 0.588. The second-order valence-electron chi connectivity index (χ2n) is 5.93. The number of nitrogens with zero attached hydrogens (tertiary/aromatic N) is 2. The molecule has 0 bridgehead atoms. The van der Waals surface area contributed by atoms with Crippen molar-refractivity contribution < 1.29 is 17.9 Å². The van der Waals surface area contributed by atoms with Crippen LogP contribution in [0.5, 0.6) is 0 Å². The molecule has 2 rings (SSSR count). The van der Waals surface area contributed by atoms with E-state index in [1.807, 2.05) is 24.3 Å². The molecule has 1 unspecified atom stereocenters. The van der Waals surface area contributed by atoms with Crippen molar-refractivity contribution in [1.29, 1.82) is 0 Å². The summed E-state index contributed by atoms with van der Waals surface area (Å²) in [5, 5.41) is 6.46. The number of hydrogen-bond donors (Lipinski definition) is 2. The number of halogens is 4. The second-order valence-corrected chi connectivity index (χ2v) is 6.34. The Bertz CT molecular complexity index is 592. The lowest BCUT2D eigenvalue weighted by molar-refractivity contribution is -0.132. The SMILES string of the molecule is CN=C(NCCC(F)(F)F)NCC(c1ccccc1Cl)N1CCOCC1. The molecule has 0 aliphatic carbocycles. The minimum Gasteiger partial charge on any atom is -0.379 e. The maximum Gasteiger partial charge on any atom is 0.390 e. The summed E-state index contributed by atoms with van der Waals surface area (Å²) in [6.45, 7) is 3.04. The number of rotatable bonds is 6. The monoisotopic (exact) mass is 392 g/mol. The van der Waals surface area contributed by atoms with Crippen molar-refractivity contribution in [3.63, 3.8) is 0 Å². The number of aliphatic imine (C=N–C) groups is 1. The van der Waals surface area contributed by atoms with Gasteiger partial charge in [0.05, 0.1) is 25.7 Å². The van der Waals surface area contributed by atoms with Crippen LogP contribution >= 0.6 is 11.6 Å². The molecule has 1 fully saturated rings. The molecule has 146 valence electrons. The number of benzene rings is 1. The van der Waals surface area contributed by atoms with E-state index in [0.29, 0.717) is 30.7 Å². The molecule has 9 heteroatoms. The highest BCUT2D eigenvalue weighted by atomic mass is 35.5. The van der Waals surface area contributed by atoms with E-state index >= 15 is 0 Å². The van der Waals surface area contributed by atoms with E-state index in [-0.39, 0.29) is 12.6 Å². The Labute approximate surface area is 156 Å². The lowest BCUT2D eigenvalue weighted by Gasteiger charge is -2.35. The minimum atomic E-state index is -4.19. The van der Waals surface area contributed by atoms with E-state index in [2.05, 4.69) is 20.5 Å². The predicted octanol–water partition coefficient (Wildman–Crippen LogP) is 2.83. The second kappa shape index (κ2) is 9.99. The van der Waals surface area contributed by atoms with Crippen LogP contribution in [0, 0.1) is 0 Å². The molecule has 1 heterocycles. The highest BCUT2D eigenvalue weighted by Crippen LogP contribution is 2.27. The summed E-state index contributed by atoms with van der Waals surface area (Å²) in [7, 11) is 1.53. The number of hydrogen-bond acceptors (Lipinski definition) is 3. The van der Waals surface area contributed by atoms with Crippen molar-refractivity contribution in [2.24, 2.45) is 4.99 Å². The van der Waals surface area contributed by atoms with Crippen molar-refractivity contribution in [2.45, 2.75) is 18.6 Å². The van der Waals surface area contributed by atoms with Gasteiger partial charge in [-0.05, 0) is 11.6 Å². The zero-order chi connectivity index (χ0) is 19.0. The number of nitrogens with one attached hydrogen (secondary N) is 2. The molecule has 1 aliphatic heterocycles. The van der Waals surface area contributed by atoms with Gasteiger partial charge in [-0.1, -0.05) is 29.8 Å². The summed E-state index contributed by atoms with van der Waals surface area (Å²) < 4.78 is 42.3.